The first-order chi connectivity index (χ1) is 9.04. The van der Waals surface area contributed by atoms with Crippen LogP contribution < -0.4 is 10.5 Å². The van der Waals surface area contributed by atoms with Crippen LogP contribution in [0.5, 0.6) is 11.5 Å². The molecule has 0 spiro atoms. The van der Waals surface area contributed by atoms with Crippen molar-refractivity contribution in [1.29, 1.82) is 0 Å². The first kappa shape index (κ1) is 13.8. The smallest absolute Gasteiger partial charge is 0.132 e. The zero-order valence-electron chi connectivity index (χ0n) is 10.6. The molecule has 2 N–H and O–H groups in total. The monoisotopic (exact) mass is 279 g/mol. The summed E-state index contributed by atoms with van der Waals surface area (Å²) in [7, 11) is 0. The molecule has 0 heterocycles. The van der Waals surface area contributed by atoms with Gasteiger partial charge in [0.1, 0.15) is 17.3 Å². The highest BCUT2D eigenvalue weighted by molar-refractivity contribution is 6.30. The molecule has 0 aliphatic rings. The Morgan fingerprint density at radius 2 is 2.05 bits per heavy atom. The van der Waals surface area contributed by atoms with Gasteiger partial charge in [-0.1, -0.05) is 23.7 Å². The van der Waals surface area contributed by atoms with Crippen molar-refractivity contribution in [2.24, 2.45) is 5.73 Å². The highest BCUT2D eigenvalue weighted by Gasteiger charge is 2.08. The number of hydrogen-bond acceptors (Lipinski definition) is 2. The summed E-state index contributed by atoms with van der Waals surface area (Å²) < 4.78 is 18.8. The molecule has 0 aromatic heterocycles. The molecule has 1 unspecified atom stereocenters. The molecule has 0 fully saturated rings. The fraction of sp³-hybridized carbons (Fsp3) is 0.200. The molecule has 1 atom stereocenters. The summed E-state index contributed by atoms with van der Waals surface area (Å²) in [5.41, 5.74) is 6.75. The highest BCUT2D eigenvalue weighted by atomic mass is 35.5. The third-order valence-corrected chi connectivity index (χ3v) is 2.83. The van der Waals surface area contributed by atoms with Gasteiger partial charge in [0, 0.05) is 17.1 Å². The van der Waals surface area contributed by atoms with E-state index in [4.69, 9.17) is 22.1 Å². The fourth-order valence-corrected chi connectivity index (χ4v) is 1.96. The molecule has 0 aliphatic heterocycles. The quantitative estimate of drug-likeness (QED) is 0.912. The van der Waals surface area contributed by atoms with Crippen molar-refractivity contribution < 1.29 is 9.13 Å². The van der Waals surface area contributed by atoms with Crippen LogP contribution in [0.15, 0.2) is 42.5 Å². The van der Waals surface area contributed by atoms with Gasteiger partial charge in [-0.3, -0.25) is 0 Å². The Balaban J connectivity index is 2.30. The van der Waals surface area contributed by atoms with Crippen LogP contribution in [0.1, 0.15) is 12.5 Å². The van der Waals surface area contributed by atoms with Crippen molar-refractivity contribution in [3.8, 4) is 11.5 Å². The van der Waals surface area contributed by atoms with E-state index >= 15 is 0 Å². The van der Waals surface area contributed by atoms with E-state index in [-0.39, 0.29) is 11.9 Å². The third kappa shape index (κ3) is 3.94. The van der Waals surface area contributed by atoms with Crippen molar-refractivity contribution in [1.82, 2.24) is 0 Å². The molecular formula is C15H15ClFNO. The molecule has 0 bridgehead atoms. The Labute approximate surface area is 117 Å². The largest absolute Gasteiger partial charge is 0.457 e. The Kier molecular flexibility index (Phi) is 4.40. The molecule has 19 heavy (non-hydrogen) atoms. The van der Waals surface area contributed by atoms with Gasteiger partial charge in [0.25, 0.3) is 0 Å². The fourth-order valence-electron chi connectivity index (χ4n) is 1.80. The van der Waals surface area contributed by atoms with E-state index in [0.29, 0.717) is 22.9 Å². The highest BCUT2D eigenvalue weighted by Crippen LogP contribution is 2.29. The summed E-state index contributed by atoms with van der Waals surface area (Å²) in [5, 5.41) is 0.569. The van der Waals surface area contributed by atoms with E-state index < -0.39 is 0 Å². The summed E-state index contributed by atoms with van der Waals surface area (Å²) in [4.78, 5) is 0. The Hall–Kier alpha value is -1.58. The molecule has 4 heteroatoms. The average Bonchev–Trinajstić information content (AvgIpc) is 2.32. The van der Waals surface area contributed by atoms with Crippen LogP contribution in [-0.2, 0) is 6.42 Å². The van der Waals surface area contributed by atoms with Gasteiger partial charge >= 0.3 is 0 Å². The van der Waals surface area contributed by atoms with Crippen LogP contribution in [0.4, 0.5) is 4.39 Å². The molecular weight excluding hydrogens is 265 g/mol. The molecule has 2 aromatic rings. The number of benzene rings is 2. The minimum absolute atomic E-state index is 0.0102. The predicted octanol–water partition coefficient (Wildman–Crippen LogP) is 4.16. The lowest BCUT2D eigenvalue weighted by molar-refractivity contribution is 0.468. The van der Waals surface area contributed by atoms with E-state index in [0.717, 1.165) is 5.56 Å². The van der Waals surface area contributed by atoms with Gasteiger partial charge in [0.15, 0.2) is 0 Å². The maximum atomic E-state index is 13.1. The van der Waals surface area contributed by atoms with Crippen molar-refractivity contribution in [2.45, 2.75) is 19.4 Å². The van der Waals surface area contributed by atoms with Crippen LogP contribution in [0.25, 0.3) is 0 Å². The number of hydrogen-bond donors (Lipinski definition) is 1. The molecule has 0 aliphatic carbocycles. The van der Waals surface area contributed by atoms with Crippen LogP contribution in [-0.4, -0.2) is 6.04 Å². The first-order valence-corrected chi connectivity index (χ1v) is 6.40. The Morgan fingerprint density at radius 1 is 1.26 bits per heavy atom. The number of rotatable bonds is 4. The van der Waals surface area contributed by atoms with Crippen LogP contribution in [0, 0.1) is 5.82 Å². The van der Waals surface area contributed by atoms with E-state index in [2.05, 4.69) is 0 Å². The van der Waals surface area contributed by atoms with Crippen LogP contribution in [0.3, 0.4) is 0 Å². The Bertz CT molecular complexity index is 572. The summed E-state index contributed by atoms with van der Waals surface area (Å²) in [5.74, 6) is 0.705. The second-order valence-corrected chi connectivity index (χ2v) is 4.93. The average molecular weight is 280 g/mol. The summed E-state index contributed by atoms with van der Waals surface area (Å²) >= 11 is 5.97. The van der Waals surface area contributed by atoms with E-state index in [1.807, 2.05) is 13.0 Å². The number of halogens is 2. The van der Waals surface area contributed by atoms with Crippen LogP contribution in [0.2, 0.25) is 5.02 Å². The SMILES string of the molecule is CC(N)Cc1ccc(Cl)cc1Oc1cccc(F)c1. The first-order valence-electron chi connectivity index (χ1n) is 6.02. The molecule has 2 nitrogen and oxygen atoms in total. The zero-order chi connectivity index (χ0) is 13.8. The van der Waals surface area contributed by atoms with Gasteiger partial charge in [0.05, 0.1) is 0 Å². The summed E-state index contributed by atoms with van der Waals surface area (Å²) in [6, 6.07) is 11.4. The number of ether oxygens (including phenoxy) is 1. The lowest BCUT2D eigenvalue weighted by atomic mass is 10.1. The maximum absolute atomic E-state index is 13.1. The maximum Gasteiger partial charge on any atom is 0.132 e. The lowest BCUT2D eigenvalue weighted by Crippen LogP contribution is -2.18. The molecule has 0 saturated heterocycles. The predicted molar refractivity (Wildman–Crippen MR) is 75.3 cm³/mol. The van der Waals surface area contributed by atoms with Gasteiger partial charge < -0.3 is 10.5 Å². The molecule has 0 radical (unpaired) electrons. The van der Waals surface area contributed by atoms with Gasteiger partial charge in [-0.05, 0) is 43.2 Å². The molecule has 0 saturated carbocycles. The molecule has 0 amide bonds. The van der Waals surface area contributed by atoms with E-state index in [1.54, 1.807) is 24.3 Å². The minimum atomic E-state index is -0.340. The van der Waals surface area contributed by atoms with Crippen LogP contribution >= 0.6 is 11.6 Å². The van der Waals surface area contributed by atoms with Crippen molar-refractivity contribution in [2.75, 3.05) is 0 Å². The minimum Gasteiger partial charge on any atom is -0.457 e. The van der Waals surface area contributed by atoms with Gasteiger partial charge in [-0.15, -0.1) is 0 Å². The molecule has 2 rings (SSSR count). The second-order valence-electron chi connectivity index (χ2n) is 4.49. The topological polar surface area (TPSA) is 35.2 Å². The van der Waals surface area contributed by atoms with Crippen molar-refractivity contribution in [3.05, 3.63) is 58.9 Å². The van der Waals surface area contributed by atoms with E-state index in [1.165, 1.54) is 12.1 Å². The van der Waals surface area contributed by atoms with E-state index in [9.17, 15) is 4.39 Å². The van der Waals surface area contributed by atoms with Gasteiger partial charge in [-0.25, -0.2) is 4.39 Å². The van der Waals surface area contributed by atoms with Gasteiger partial charge in [0.2, 0.25) is 0 Å². The summed E-state index contributed by atoms with van der Waals surface area (Å²) in [6.45, 7) is 1.92. The van der Waals surface area contributed by atoms with Crippen molar-refractivity contribution >= 4 is 11.6 Å². The Morgan fingerprint density at radius 3 is 2.74 bits per heavy atom. The standard InChI is InChI=1S/C15H15ClFNO/c1-10(18)7-11-5-6-12(16)8-15(11)19-14-4-2-3-13(17)9-14/h2-6,8-10H,7,18H2,1H3. The third-order valence-electron chi connectivity index (χ3n) is 2.59. The normalized spacial score (nSPS) is 12.2. The molecule has 100 valence electrons. The second kappa shape index (κ2) is 6.04. The summed E-state index contributed by atoms with van der Waals surface area (Å²) in [6.07, 6.45) is 0.668. The van der Waals surface area contributed by atoms with Crippen molar-refractivity contribution in [3.63, 3.8) is 0 Å². The molecule has 2 aromatic carbocycles. The zero-order valence-corrected chi connectivity index (χ0v) is 11.3. The van der Waals surface area contributed by atoms with Gasteiger partial charge in [-0.2, -0.15) is 0 Å². The number of nitrogens with two attached hydrogens (primary N) is 1. The lowest BCUT2D eigenvalue weighted by Gasteiger charge is -2.13.